The molecule has 3 aromatic rings. The van der Waals surface area contributed by atoms with Crippen molar-refractivity contribution in [1.82, 2.24) is 14.8 Å². The SMILES string of the molecule is OCc1ncnn1-c1cccc(C2=Nc3cc(Cl)c(C(F)(F)F)cc3NCC2)c1. The molecule has 1 aliphatic heterocycles. The maximum absolute atomic E-state index is 13.1. The first-order valence-corrected chi connectivity index (χ1v) is 9.07. The van der Waals surface area contributed by atoms with Gasteiger partial charge in [0.1, 0.15) is 12.9 Å². The molecule has 0 saturated carbocycles. The summed E-state index contributed by atoms with van der Waals surface area (Å²) >= 11 is 5.86. The van der Waals surface area contributed by atoms with Crippen molar-refractivity contribution in [3.05, 3.63) is 64.7 Å². The number of alkyl halides is 3. The standard InChI is InChI=1S/C19H15ClF3N5O/c20-14-8-17-16(7-13(14)19(21,22)23)24-5-4-15(27-17)11-2-1-3-12(6-11)28-18(9-29)25-10-26-28/h1-3,6-8,10,24,29H,4-5,9H2. The molecule has 10 heteroatoms. The van der Waals surface area contributed by atoms with Crippen molar-refractivity contribution in [1.29, 1.82) is 0 Å². The molecule has 1 aromatic heterocycles. The highest BCUT2D eigenvalue weighted by Gasteiger charge is 2.34. The normalized spacial score (nSPS) is 14.0. The molecule has 0 unspecified atom stereocenters. The van der Waals surface area contributed by atoms with Gasteiger partial charge < -0.3 is 10.4 Å². The summed E-state index contributed by atoms with van der Waals surface area (Å²) in [4.78, 5) is 8.56. The number of aromatic nitrogens is 3. The van der Waals surface area contributed by atoms with E-state index in [4.69, 9.17) is 11.6 Å². The lowest BCUT2D eigenvalue weighted by atomic mass is 10.1. The summed E-state index contributed by atoms with van der Waals surface area (Å²) in [6.45, 7) is 0.155. The second kappa shape index (κ2) is 7.49. The number of aliphatic hydroxyl groups is 1. The molecule has 2 heterocycles. The summed E-state index contributed by atoms with van der Waals surface area (Å²) < 4.78 is 40.9. The van der Waals surface area contributed by atoms with Gasteiger partial charge in [0, 0.05) is 13.0 Å². The minimum absolute atomic E-state index is 0.261. The van der Waals surface area contributed by atoms with Crippen LogP contribution in [0, 0.1) is 0 Å². The lowest BCUT2D eigenvalue weighted by Crippen LogP contribution is -2.09. The van der Waals surface area contributed by atoms with Gasteiger partial charge in [-0.05, 0) is 29.8 Å². The highest BCUT2D eigenvalue weighted by Crippen LogP contribution is 2.41. The zero-order chi connectivity index (χ0) is 20.6. The Kier molecular flexibility index (Phi) is 5.01. The van der Waals surface area contributed by atoms with Gasteiger partial charge in [0.15, 0.2) is 5.82 Å². The van der Waals surface area contributed by atoms with E-state index in [1.54, 1.807) is 0 Å². The van der Waals surface area contributed by atoms with E-state index in [1.807, 2.05) is 24.3 Å². The average molecular weight is 422 g/mol. The number of nitrogens with zero attached hydrogens (tertiary/aromatic N) is 4. The molecule has 6 nitrogen and oxygen atoms in total. The predicted octanol–water partition coefficient (Wildman–Crippen LogP) is 4.37. The van der Waals surface area contributed by atoms with Crippen LogP contribution in [0.2, 0.25) is 5.02 Å². The Balaban J connectivity index is 1.75. The molecule has 0 spiro atoms. The molecule has 0 radical (unpaired) electrons. The third-order valence-corrected chi connectivity index (χ3v) is 4.82. The van der Waals surface area contributed by atoms with Crippen LogP contribution in [0.5, 0.6) is 0 Å². The maximum Gasteiger partial charge on any atom is 0.417 e. The van der Waals surface area contributed by atoms with E-state index >= 15 is 0 Å². The van der Waals surface area contributed by atoms with Crippen LogP contribution < -0.4 is 5.32 Å². The Morgan fingerprint density at radius 1 is 1.21 bits per heavy atom. The van der Waals surface area contributed by atoms with Gasteiger partial charge in [-0.1, -0.05) is 23.7 Å². The third-order valence-electron chi connectivity index (χ3n) is 4.51. The van der Waals surface area contributed by atoms with Crippen LogP contribution >= 0.6 is 11.6 Å². The van der Waals surface area contributed by atoms with Gasteiger partial charge in [-0.3, -0.25) is 4.99 Å². The van der Waals surface area contributed by atoms with E-state index in [0.717, 1.165) is 11.6 Å². The largest absolute Gasteiger partial charge is 0.417 e. The molecular formula is C19H15ClF3N5O. The van der Waals surface area contributed by atoms with Crippen molar-refractivity contribution in [2.24, 2.45) is 4.99 Å². The molecule has 150 valence electrons. The summed E-state index contributed by atoms with van der Waals surface area (Å²) in [5, 5.41) is 16.1. The second-order valence-corrected chi connectivity index (χ2v) is 6.79. The van der Waals surface area contributed by atoms with E-state index < -0.39 is 16.8 Å². The van der Waals surface area contributed by atoms with Crippen molar-refractivity contribution in [3.8, 4) is 5.69 Å². The molecule has 0 atom stereocenters. The average Bonchev–Trinajstić information content (AvgIpc) is 3.07. The minimum Gasteiger partial charge on any atom is -0.388 e. The van der Waals surface area contributed by atoms with Gasteiger partial charge >= 0.3 is 6.18 Å². The van der Waals surface area contributed by atoms with Crippen LogP contribution in [0.15, 0.2) is 47.7 Å². The van der Waals surface area contributed by atoms with Crippen LogP contribution in [0.4, 0.5) is 24.5 Å². The van der Waals surface area contributed by atoms with E-state index in [9.17, 15) is 18.3 Å². The van der Waals surface area contributed by atoms with Crippen molar-refractivity contribution in [2.75, 3.05) is 11.9 Å². The number of hydrogen-bond acceptors (Lipinski definition) is 5. The second-order valence-electron chi connectivity index (χ2n) is 6.38. The van der Waals surface area contributed by atoms with Crippen molar-refractivity contribution in [3.63, 3.8) is 0 Å². The molecule has 0 amide bonds. The predicted molar refractivity (Wildman–Crippen MR) is 103 cm³/mol. The number of hydrogen-bond donors (Lipinski definition) is 2. The first-order valence-electron chi connectivity index (χ1n) is 8.69. The highest BCUT2D eigenvalue weighted by molar-refractivity contribution is 6.32. The zero-order valence-electron chi connectivity index (χ0n) is 14.9. The monoisotopic (exact) mass is 421 g/mol. The van der Waals surface area contributed by atoms with Gasteiger partial charge in [0.25, 0.3) is 0 Å². The summed E-state index contributed by atoms with van der Waals surface area (Å²) in [7, 11) is 0. The van der Waals surface area contributed by atoms with Crippen LogP contribution in [0.1, 0.15) is 23.4 Å². The lowest BCUT2D eigenvalue weighted by molar-refractivity contribution is -0.137. The summed E-state index contributed by atoms with van der Waals surface area (Å²) in [6.07, 6.45) is -2.69. The van der Waals surface area contributed by atoms with Crippen LogP contribution in [0.25, 0.3) is 5.69 Å². The first-order chi connectivity index (χ1) is 13.9. The van der Waals surface area contributed by atoms with E-state index in [1.165, 1.54) is 17.1 Å². The molecule has 2 aromatic carbocycles. The molecule has 4 rings (SSSR count). The number of nitrogens with one attached hydrogen (secondary N) is 1. The Bertz CT molecular complexity index is 1090. The smallest absolute Gasteiger partial charge is 0.388 e. The van der Waals surface area contributed by atoms with Gasteiger partial charge in [-0.25, -0.2) is 9.67 Å². The molecule has 0 saturated heterocycles. The number of halogens is 4. The van der Waals surface area contributed by atoms with Gasteiger partial charge in [0.05, 0.1) is 33.4 Å². The Hall–Kier alpha value is -2.91. The molecule has 0 fully saturated rings. The van der Waals surface area contributed by atoms with Crippen LogP contribution in [0.3, 0.4) is 0 Å². The topological polar surface area (TPSA) is 75.3 Å². The zero-order valence-corrected chi connectivity index (χ0v) is 15.7. The third kappa shape index (κ3) is 3.83. The fraction of sp³-hybridized carbons (Fsp3) is 0.211. The molecule has 0 bridgehead atoms. The molecule has 0 aliphatic carbocycles. The van der Waals surface area contributed by atoms with Gasteiger partial charge in [-0.15, -0.1) is 0 Å². The maximum atomic E-state index is 13.1. The number of aliphatic hydroxyl groups excluding tert-OH is 1. The minimum atomic E-state index is -4.54. The summed E-state index contributed by atoms with van der Waals surface area (Å²) in [5.41, 5.74) is 1.90. The van der Waals surface area contributed by atoms with Crippen molar-refractivity contribution in [2.45, 2.75) is 19.2 Å². The fourth-order valence-corrected chi connectivity index (χ4v) is 3.41. The van der Waals surface area contributed by atoms with Gasteiger partial charge in [-0.2, -0.15) is 18.3 Å². The molecule has 29 heavy (non-hydrogen) atoms. The van der Waals surface area contributed by atoms with Crippen LogP contribution in [-0.4, -0.2) is 32.1 Å². The van der Waals surface area contributed by atoms with Crippen molar-refractivity contribution < 1.29 is 18.3 Å². The molecule has 2 N–H and O–H groups in total. The Morgan fingerprint density at radius 3 is 2.79 bits per heavy atom. The van der Waals surface area contributed by atoms with Crippen molar-refractivity contribution >= 4 is 28.7 Å². The first kappa shape index (κ1) is 19.4. The molecular weight excluding hydrogens is 407 g/mol. The Labute approximate surface area is 168 Å². The number of fused-ring (bicyclic) bond motifs is 1. The number of benzene rings is 2. The number of aliphatic imine (C=N–C) groups is 1. The number of anilines is 1. The van der Waals surface area contributed by atoms with E-state index in [2.05, 4.69) is 20.4 Å². The fourth-order valence-electron chi connectivity index (χ4n) is 3.15. The molecule has 1 aliphatic rings. The Morgan fingerprint density at radius 2 is 2.03 bits per heavy atom. The van der Waals surface area contributed by atoms with E-state index in [-0.39, 0.29) is 12.3 Å². The van der Waals surface area contributed by atoms with Crippen LogP contribution in [-0.2, 0) is 12.8 Å². The summed E-state index contributed by atoms with van der Waals surface area (Å²) in [6, 6.07) is 9.53. The summed E-state index contributed by atoms with van der Waals surface area (Å²) in [5.74, 6) is 0.392. The highest BCUT2D eigenvalue weighted by atomic mass is 35.5. The van der Waals surface area contributed by atoms with E-state index in [0.29, 0.717) is 35.9 Å². The van der Waals surface area contributed by atoms with Gasteiger partial charge in [0.2, 0.25) is 0 Å². The lowest BCUT2D eigenvalue weighted by Gasteiger charge is -2.13. The quantitative estimate of drug-likeness (QED) is 0.658. The number of rotatable bonds is 3.